The summed E-state index contributed by atoms with van der Waals surface area (Å²) in [5, 5.41) is 12.6. The van der Waals surface area contributed by atoms with Gasteiger partial charge in [-0.2, -0.15) is 0 Å². The molecule has 1 aromatic carbocycles. The molecule has 0 radical (unpaired) electrons. The van der Waals surface area contributed by atoms with Gasteiger partial charge in [0.2, 0.25) is 11.0 Å². The van der Waals surface area contributed by atoms with E-state index in [2.05, 4.69) is 15.5 Å². The summed E-state index contributed by atoms with van der Waals surface area (Å²) in [6.45, 7) is 0.481. The van der Waals surface area contributed by atoms with Gasteiger partial charge in [-0.15, -0.1) is 10.2 Å². The second kappa shape index (κ2) is 6.63. The molecule has 0 saturated heterocycles. The zero-order valence-corrected chi connectivity index (χ0v) is 15.0. The molecule has 2 fully saturated rings. The van der Waals surface area contributed by atoms with Gasteiger partial charge in [-0.1, -0.05) is 29.9 Å². The zero-order chi connectivity index (χ0) is 17.3. The molecule has 1 atom stereocenters. The quantitative estimate of drug-likeness (QED) is 0.821. The molecule has 2 saturated carbocycles. The standard InChI is InChI=1S/C18H21N3O3S/c1-23-13-5-2-3-6-14(13)24-10-7-15-20-21-17(25-15)19-16(22)12-11-18(12)8-4-9-18/h2-3,5-6,12H,4,7-11H2,1H3,(H,19,21,22)/t12-/m1/s1. The largest absolute Gasteiger partial charge is 0.493 e. The molecular formula is C18H21N3O3S. The molecule has 0 unspecified atom stereocenters. The lowest BCUT2D eigenvalue weighted by atomic mass is 9.80. The number of nitrogens with one attached hydrogen (secondary N) is 1. The van der Waals surface area contributed by atoms with Gasteiger partial charge in [0.15, 0.2) is 11.5 Å². The average Bonchev–Trinajstić information content (AvgIpc) is 3.24. The van der Waals surface area contributed by atoms with Gasteiger partial charge in [-0.05, 0) is 36.8 Å². The lowest BCUT2D eigenvalue weighted by Crippen LogP contribution is -2.23. The Hall–Kier alpha value is -2.15. The van der Waals surface area contributed by atoms with Crippen molar-refractivity contribution >= 4 is 22.4 Å². The number of anilines is 1. The molecule has 2 aliphatic rings. The highest BCUT2D eigenvalue weighted by Crippen LogP contribution is 2.65. The van der Waals surface area contributed by atoms with Crippen LogP contribution in [0, 0.1) is 11.3 Å². The van der Waals surface area contributed by atoms with Gasteiger partial charge < -0.3 is 14.8 Å². The summed E-state index contributed by atoms with van der Waals surface area (Å²) < 4.78 is 11.0. The van der Waals surface area contributed by atoms with Crippen LogP contribution < -0.4 is 14.8 Å². The lowest BCUT2D eigenvalue weighted by Gasteiger charge is -2.26. The Bertz CT molecular complexity index is 772. The van der Waals surface area contributed by atoms with Gasteiger partial charge in [0.1, 0.15) is 5.01 Å². The van der Waals surface area contributed by atoms with Crippen molar-refractivity contribution in [3.63, 3.8) is 0 Å². The molecule has 25 heavy (non-hydrogen) atoms. The van der Waals surface area contributed by atoms with Crippen molar-refractivity contribution in [2.75, 3.05) is 19.0 Å². The number of para-hydroxylation sites is 2. The summed E-state index contributed by atoms with van der Waals surface area (Å²) in [6.07, 6.45) is 5.34. The molecule has 2 aliphatic carbocycles. The van der Waals surface area contributed by atoms with Gasteiger partial charge in [-0.3, -0.25) is 4.79 Å². The first-order valence-corrected chi connectivity index (χ1v) is 9.41. The summed E-state index contributed by atoms with van der Waals surface area (Å²) in [5.41, 5.74) is 0.334. The Morgan fingerprint density at radius 2 is 2.12 bits per heavy atom. The van der Waals surface area contributed by atoms with Crippen molar-refractivity contribution in [2.45, 2.75) is 32.1 Å². The first-order valence-electron chi connectivity index (χ1n) is 8.59. The Morgan fingerprint density at radius 1 is 1.32 bits per heavy atom. The van der Waals surface area contributed by atoms with Crippen LogP contribution in [-0.4, -0.2) is 29.8 Å². The number of hydrogen-bond donors (Lipinski definition) is 1. The van der Waals surface area contributed by atoms with E-state index < -0.39 is 0 Å². The van der Waals surface area contributed by atoms with E-state index in [0.717, 1.165) is 11.4 Å². The van der Waals surface area contributed by atoms with Crippen molar-refractivity contribution < 1.29 is 14.3 Å². The summed E-state index contributed by atoms with van der Waals surface area (Å²) in [4.78, 5) is 12.3. The number of rotatable bonds is 7. The van der Waals surface area contributed by atoms with E-state index in [1.54, 1.807) is 7.11 Å². The maximum Gasteiger partial charge on any atom is 0.229 e. The predicted octanol–water partition coefficient (Wildman–Crippen LogP) is 3.30. The van der Waals surface area contributed by atoms with Crippen LogP contribution in [0.2, 0.25) is 0 Å². The van der Waals surface area contributed by atoms with Crippen LogP contribution in [-0.2, 0) is 11.2 Å². The summed E-state index contributed by atoms with van der Waals surface area (Å²) >= 11 is 1.41. The van der Waals surface area contributed by atoms with Gasteiger partial charge in [0.25, 0.3) is 0 Å². The fraction of sp³-hybridized carbons (Fsp3) is 0.500. The highest BCUT2D eigenvalue weighted by molar-refractivity contribution is 7.15. The smallest absolute Gasteiger partial charge is 0.229 e. The molecule has 1 heterocycles. The lowest BCUT2D eigenvalue weighted by molar-refractivity contribution is -0.118. The SMILES string of the molecule is COc1ccccc1OCCc1nnc(NC(=O)[C@H]2CC23CCC3)s1. The monoisotopic (exact) mass is 359 g/mol. The number of carbonyl (C=O) groups excluding carboxylic acids is 1. The predicted molar refractivity (Wildman–Crippen MR) is 95.1 cm³/mol. The highest BCUT2D eigenvalue weighted by Gasteiger charge is 2.60. The van der Waals surface area contributed by atoms with Gasteiger partial charge >= 0.3 is 0 Å². The number of methoxy groups -OCH3 is 1. The molecule has 1 amide bonds. The molecule has 2 aromatic rings. The second-order valence-electron chi connectivity index (χ2n) is 6.71. The van der Waals surface area contributed by atoms with Crippen molar-refractivity contribution in [2.24, 2.45) is 11.3 Å². The fourth-order valence-electron chi connectivity index (χ4n) is 3.49. The molecule has 1 spiro atoms. The Kier molecular flexibility index (Phi) is 4.33. The third kappa shape index (κ3) is 3.33. The Balaban J connectivity index is 1.26. The van der Waals surface area contributed by atoms with E-state index in [0.29, 0.717) is 35.1 Å². The minimum atomic E-state index is 0.104. The van der Waals surface area contributed by atoms with Crippen molar-refractivity contribution in [3.05, 3.63) is 29.3 Å². The van der Waals surface area contributed by atoms with Crippen LogP contribution in [0.15, 0.2) is 24.3 Å². The number of nitrogens with zero attached hydrogens (tertiary/aromatic N) is 2. The molecule has 0 bridgehead atoms. The Labute approximate surface area is 150 Å². The maximum absolute atomic E-state index is 12.3. The van der Waals surface area contributed by atoms with Crippen LogP contribution in [0.4, 0.5) is 5.13 Å². The molecular weight excluding hydrogens is 338 g/mol. The van der Waals surface area contributed by atoms with E-state index in [4.69, 9.17) is 9.47 Å². The first kappa shape index (κ1) is 16.3. The molecule has 1 N–H and O–H groups in total. The van der Waals surface area contributed by atoms with Crippen LogP contribution >= 0.6 is 11.3 Å². The van der Waals surface area contributed by atoms with Gasteiger partial charge in [0, 0.05) is 12.3 Å². The van der Waals surface area contributed by atoms with Gasteiger partial charge in [-0.25, -0.2) is 0 Å². The molecule has 132 valence electrons. The van der Waals surface area contributed by atoms with E-state index >= 15 is 0 Å². The summed E-state index contributed by atoms with van der Waals surface area (Å²) in [7, 11) is 1.62. The molecule has 4 rings (SSSR count). The number of ether oxygens (including phenoxy) is 2. The van der Waals surface area contributed by atoms with Crippen molar-refractivity contribution in [1.82, 2.24) is 10.2 Å². The van der Waals surface area contributed by atoms with E-state index in [1.807, 2.05) is 24.3 Å². The Morgan fingerprint density at radius 3 is 2.80 bits per heavy atom. The number of aromatic nitrogens is 2. The zero-order valence-electron chi connectivity index (χ0n) is 14.2. The second-order valence-corrected chi connectivity index (χ2v) is 7.77. The van der Waals surface area contributed by atoms with E-state index in [9.17, 15) is 4.79 Å². The number of carbonyl (C=O) groups is 1. The molecule has 6 nitrogen and oxygen atoms in total. The third-order valence-electron chi connectivity index (χ3n) is 5.20. The minimum Gasteiger partial charge on any atom is -0.493 e. The fourth-order valence-corrected chi connectivity index (χ4v) is 4.21. The van der Waals surface area contributed by atoms with Crippen LogP contribution in [0.25, 0.3) is 0 Å². The molecule has 0 aliphatic heterocycles. The topological polar surface area (TPSA) is 73.3 Å². The minimum absolute atomic E-state index is 0.104. The molecule has 7 heteroatoms. The maximum atomic E-state index is 12.3. The molecule has 1 aromatic heterocycles. The normalized spacial score (nSPS) is 20.0. The average molecular weight is 359 g/mol. The number of hydrogen-bond acceptors (Lipinski definition) is 6. The van der Waals surface area contributed by atoms with E-state index in [-0.39, 0.29) is 11.8 Å². The summed E-state index contributed by atoms with van der Waals surface area (Å²) in [6, 6.07) is 7.54. The number of benzene rings is 1. The summed E-state index contributed by atoms with van der Waals surface area (Å²) in [5.74, 6) is 1.71. The number of amides is 1. The highest BCUT2D eigenvalue weighted by atomic mass is 32.1. The first-order chi connectivity index (χ1) is 12.2. The third-order valence-corrected chi connectivity index (χ3v) is 6.09. The van der Waals surface area contributed by atoms with Crippen molar-refractivity contribution in [3.8, 4) is 11.5 Å². The van der Waals surface area contributed by atoms with Gasteiger partial charge in [0.05, 0.1) is 13.7 Å². The van der Waals surface area contributed by atoms with E-state index in [1.165, 1.54) is 30.6 Å². The van der Waals surface area contributed by atoms with Crippen LogP contribution in [0.1, 0.15) is 30.7 Å². The van der Waals surface area contributed by atoms with Crippen molar-refractivity contribution in [1.29, 1.82) is 0 Å². The van der Waals surface area contributed by atoms with Crippen LogP contribution in [0.5, 0.6) is 11.5 Å². The van der Waals surface area contributed by atoms with Crippen LogP contribution in [0.3, 0.4) is 0 Å².